The van der Waals surface area contributed by atoms with Crippen LogP contribution in [-0.2, 0) is 14.2 Å². The first-order chi connectivity index (χ1) is 9.97. The van der Waals surface area contributed by atoms with Crippen molar-refractivity contribution in [3.63, 3.8) is 0 Å². The molecule has 0 bridgehead atoms. The largest absolute Gasteiger partial charge is 0.485 e. The van der Waals surface area contributed by atoms with E-state index < -0.39 is 48.8 Å². The molecule has 0 aromatic carbocycles. The van der Waals surface area contributed by atoms with Gasteiger partial charge in [0.05, 0.1) is 0 Å². The van der Waals surface area contributed by atoms with Crippen molar-refractivity contribution in [1.29, 1.82) is 0 Å². The van der Waals surface area contributed by atoms with Crippen LogP contribution >= 0.6 is 0 Å². The van der Waals surface area contributed by atoms with E-state index in [1.165, 1.54) is 0 Å². The van der Waals surface area contributed by atoms with E-state index in [0.29, 0.717) is 0 Å². The fraction of sp³-hybridized carbons (Fsp3) is 0.750. The fourth-order valence-electron chi connectivity index (χ4n) is 1.09. The van der Waals surface area contributed by atoms with Gasteiger partial charge >= 0.3 is 42.2 Å². The molecule has 0 radical (unpaired) electrons. The summed E-state index contributed by atoms with van der Waals surface area (Å²) in [6, 6.07) is -11.6. The lowest BCUT2D eigenvalue weighted by Crippen LogP contribution is -2.65. The molecule has 1 heterocycles. The number of alkyl halides is 10. The lowest BCUT2D eigenvalue weighted by Gasteiger charge is -2.35. The molecule has 0 saturated heterocycles. The van der Waals surface area contributed by atoms with Crippen molar-refractivity contribution in [3.05, 3.63) is 12.0 Å². The van der Waals surface area contributed by atoms with E-state index in [1.54, 1.807) is 0 Å². The van der Waals surface area contributed by atoms with Crippen LogP contribution in [0.2, 0.25) is 0 Å². The minimum absolute atomic E-state index is 2.34. The van der Waals surface area contributed by atoms with Gasteiger partial charge in [-0.2, -0.15) is 52.7 Å². The van der Waals surface area contributed by atoms with Gasteiger partial charge in [-0.1, -0.05) is 0 Å². The highest BCUT2D eigenvalue weighted by molar-refractivity contribution is 5.04. The van der Waals surface area contributed by atoms with Crippen LogP contribution in [0.25, 0.3) is 0 Å². The quantitative estimate of drug-likeness (QED) is 0.677. The van der Waals surface area contributed by atoms with Crippen LogP contribution in [0.1, 0.15) is 0 Å². The summed E-state index contributed by atoms with van der Waals surface area (Å²) in [4.78, 5) is 0. The molecule has 3 nitrogen and oxygen atoms in total. The number of hydrogen-bond acceptors (Lipinski definition) is 3. The van der Waals surface area contributed by atoms with Gasteiger partial charge < -0.3 is 14.2 Å². The monoisotopic (exact) mass is 374 g/mol. The minimum Gasteiger partial charge on any atom is -0.390 e. The second-order valence-electron chi connectivity index (χ2n) is 3.86. The number of rotatable bonds is 5. The summed E-state index contributed by atoms with van der Waals surface area (Å²) in [5.41, 5.74) is 0. The normalized spacial score (nSPS) is 19.7. The van der Waals surface area contributed by atoms with Gasteiger partial charge in [-0.15, -0.1) is 0 Å². The second kappa shape index (κ2) is 5.24. The van der Waals surface area contributed by atoms with Crippen molar-refractivity contribution >= 4 is 0 Å². The Bertz CT molecular complexity index is 481. The van der Waals surface area contributed by atoms with E-state index in [1.807, 2.05) is 0 Å². The van der Waals surface area contributed by atoms with Gasteiger partial charge in [0.15, 0.2) is 0 Å². The number of hydrogen-bond donors (Lipinski definition) is 0. The molecule has 1 rings (SSSR count). The molecule has 15 heteroatoms. The molecule has 0 spiro atoms. The molecule has 1 aliphatic heterocycles. The Morgan fingerprint density at radius 2 is 1.22 bits per heavy atom. The molecule has 136 valence electrons. The molecule has 0 atom stereocenters. The van der Waals surface area contributed by atoms with Crippen LogP contribution in [0.5, 0.6) is 0 Å². The Balaban J connectivity index is 3.09. The molecular weight excluding hydrogens is 372 g/mol. The summed E-state index contributed by atoms with van der Waals surface area (Å²) in [6.45, 7) is -3.12. The van der Waals surface area contributed by atoms with E-state index in [-0.39, 0.29) is 0 Å². The third kappa shape index (κ3) is 3.23. The maximum atomic E-state index is 13.3. The van der Waals surface area contributed by atoms with Crippen LogP contribution in [0.15, 0.2) is 12.0 Å². The molecule has 0 aromatic rings. The van der Waals surface area contributed by atoms with Crippen molar-refractivity contribution in [2.75, 3.05) is 6.61 Å². The van der Waals surface area contributed by atoms with Gasteiger partial charge in [-0.3, -0.25) is 0 Å². The predicted molar refractivity (Wildman–Crippen MR) is 42.1 cm³/mol. The average molecular weight is 374 g/mol. The van der Waals surface area contributed by atoms with E-state index in [9.17, 15) is 52.7 Å². The molecule has 0 aliphatic carbocycles. The Kier molecular flexibility index (Phi) is 4.44. The lowest BCUT2D eigenvalue weighted by atomic mass is 10.1. The molecule has 0 N–H and O–H groups in total. The van der Waals surface area contributed by atoms with Gasteiger partial charge in [0.25, 0.3) is 0 Å². The summed E-state index contributed by atoms with van der Waals surface area (Å²) in [7, 11) is 0. The smallest absolute Gasteiger partial charge is 0.390 e. The maximum Gasteiger partial charge on any atom is 0.485 e. The summed E-state index contributed by atoms with van der Waals surface area (Å²) < 4.78 is 159. The van der Waals surface area contributed by atoms with Crippen molar-refractivity contribution in [2.24, 2.45) is 0 Å². The lowest BCUT2D eigenvalue weighted by molar-refractivity contribution is -0.473. The standard InChI is InChI=1S/C8H2F12O3/c9-2-3(10)23-8(20,22-2)6(16,17)5(14,15)7(18,19)21-1-4(11,12)13/h1H2. The molecule has 0 fully saturated rings. The summed E-state index contributed by atoms with van der Waals surface area (Å²) >= 11 is 0. The van der Waals surface area contributed by atoms with Crippen molar-refractivity contribution < 1.29 is 66.9 Å². The van der Waals surface area contributed by atoms with Crippen molar-refractivity contribution in [1.82, 2.24) is 0 Å². The Morgan fingerprint density at radius 3 is 1.57 bits per heavy atom. The molecular formula is C8H2F12O3. The van der Waals surface area contributed by atoms with Crippen LogP contribution < -0.4 is 0 Å². The third-order valence-electron chi connectivity index (χ3n) is 2.15. The Labute approximate surface area is 117 Å². The summed E-state index contributed by atoms with van der Waals surface area (Å²) in [6.07, 6.45) is -12.3. The highest BCUT2D eigenvalue weighted by Crippen LogP contribution is 2.56. The van der Waals surface area contributed by atoms with Crippen molar-refractivity contribution in [3.8, 4) is 0 Å². The molecule has 0 unspecified atom stereocenters. The molecule has 1 aliphatic rings. The first-order valence-corrected chi connectivity index (χ1v) is 4.93. The van der Waals surface area contributed by atoms with Crippen LogP contribution in [-0.4, -0.2) is 36.8 Å². The topological polar surface area (TPSA) is 27.7 Å². The minimum atomic E-state index is -7.06. The van der Waals surface area contributed by atoms with Gasteiger partial charge in [0.1, 0.15) is 6.61 Å². The number of halogens is 12. The van der Waals surface area contributed by atoms with Crippen LogP contribution in [0.4, 0.5) is 52.7 Å². The predicted octanol–water partition coefficient (Wildman–Crippen LogP) is 4.16. The van der Waals surface area contributed by atoms with E-state index in [2.05, 4.69) is 14.2 Å². The Hall–Kier alpha value is -1.54. The molecule has 23 heavy (non-hydrogen) atoms. The highest BCUT2D eigenvalue weighted by Gasteiger charge is 2.85. The zero-order valence-corrected chi connectivity index (χ0v) is 9.97. The first-order valence-electron chi connectivity index (χ1n) is 4.93. The summed E-state index contributed by atoms with van der Waals surface area (Å²) in [5, 5.41) is 0. The zero-order chi connectivity index (χ0) is 18.5. The first kappa shape index (κ1) is 19.5. The van der Waals surface area contributed by atoms with Gasteiger partial charge in [-0.25, -0.2) is 0 Å². The second-order valence-corrected chi connectivity index (χ2v) is 3.86. The Morgan fingerprint density at radius 1 is 0.826 bits per heavy atom. The van der Waals surface area contributed by atoms with Crippen molar-refractivity contribution in [2.45, 2.75) is 30.2 Å². The number of ether oxygens (including phenoxy) is 3. The third-order valence-corrected chi connectivity index (χ3v) is 2.15. The molecule has 0 amide bonds. The van der Waals surface area contributed by atoms with E-state index >= 15 is 0 Å². The molecule has 0 aromatic heterocycles. The average Bonchev–Trinajstić information content (AvgIpc) is 2.61. The van der Waals surface area contributed by atoms with E-state index in [0.717, 1.165) is 0 Å². The van der Waals surface area contributed by atoms with Gasteiger partial charge in [0, 0.05) is 0 Å². The van der Waals surface area contributed by atoms with Crippen LogP contribution in [0, 0.1) is 0 Å². The maximum absolute atomic E-state index is 13.3. The van der Waals surface area contributed by atoms with Gasteiger partial charge in [0.2, 0.25) is 0 Å². The van der Waals surface area contributed by atoms with Crippen LogP contribution in [0.3, 0.4) is 0 Å². The highest BCUT2D eigenvalue weighted by atomic mass is 19.4. The molecule has 0 saturated carbocycles. The van der Waals surface area contributed by atoms with Gasteiger partial charge in [-0.05, 0) is 0 Å². The van der Waals surface area contributed by atoms with E-state index in [4.69, 9.17) is 0 Å². The fourth-order valence-corrected chi connectivity index (χ4v) is 1.09. The summed E-state index contributed by atoms with van der Waals surface area (Å²) in [5.74, 6) is -13.9. The zero-order valence-electron chi connectivity index (χ0n) is 9.97. The SMILES string of the molecule is FC1=C(F)OC(F)(C(F)(F)C(F)(F)C(F)(F)OCC(F)(F)F)O1.